The molecule has 94 valence electrons. The predicted octanol–water partition coefficient (Wildman–Crippen LogP) is 2.52. The van der Waals surface area contributed by atoms with E-state index in [9.17, 15) is 5.11 Å². The maximum absolute atomic E-state index is 9.21. The Balaban J connectivity index is 1.94. The monoisotopic (exact) mass is 225 g/mol. The zero-order valence-corrected chi connectivity index (χ0v) is 11.1. The summed E-state index contributed by atoms with van der Waals surface area (Å²) < 4.78 is 0. The van der Waals surface area contributed by atoms with E-state index in [0.29, 0.717) is 17.9 Å². The van der Waals surface area contributed by atoms with Gasteiger partial charge in [-0.05, 0) is 49.5 Å². The molecule has 0 radical (unpaired) electrons. The molecule has 2 nitrogen and oxygen atoms in total. The number of likely N-dealkylation sites (tertiary alicyclic amines) is 1. The Morgan fingerprint density at radius 1 is 1.31 bits per heavy atom. The fourth-order valence-corrected chi connectivity index (χ4v) is 3.92. The first-order valence-electron chi connectivity index (χ1n) is 6.85. The van der Waals surface area contributed by atoms with Crippen molar-refractivity contribution in [1.82, 2.24) is 4.90 Å². The minimum Gasteiger partial charge on any atom is -0.396 e. The highest BCUT2D eigenvalue weighted by Gasteiger charge is 2.37. The summed E-state index contributed by atoms with van der Waals surface area (Å²) in [5.74, 6) is 1.40. The smallest absolute Gasteiger partial charge is 0.0471 e. The zero-order valence-electron chi connectivity index (χ0n) is 11.1. The van der Waals surface area contributed by atoms with Gasteiger partial charge in [-0.2, -0.15) is 0 Å². The number of hydrogen-bond donors (Lipinski definition) is 1. The van der Waals surface area contributed by atoms with E-state index in [1.165, 1.54) is 32.2 Å². The van der Waals surface area contributed by atoms with Crippen LogP contribution in [0.25, 0.3) is 0 Å². The van der Waals surface area contributed by atoms with Crippen LogP contribution in [0.4, 0.5) is 0 Å². The fraction of sp³-hybridized carbons (Fsp3) is 1.00. The number of rotatable bonds is 2. The lowest BCUT2D eigenvalue weighted by atomic mass is 9.70. The molecular weight excluding hydrogens is 198 g/mol. The van der Waals surface area contributed by atoms with Crippen LogP contribution in [0.5, 0.6) is 0 Å². The molecule has 16 heavy (non-hydrogen) atoms. The van der Waals surface area contributed by atoms with Crippen molar-refractivity contribution >= 4 is 0 Å². The van der Waals surface area contributed by atoms with Crippen molar-refractivity contribution in [3.8, 4) is 0 Å². The molecule has 0 amide bonds. The Morgan fingerprint density at radius 3 is 2.62 bits per heavy atom. The molecule has 2 fully saturated rings. The van der Waals surface area contributed by atoms with Gasteiger partial charge < -0.3 is 5.11 Å². The molecule has 0 bridgehead atoms. The molecule has 0 aromatic carbocycles. The summed E-state index contributed by atoms with van der Waals surface area (Å²) in [6, 6.07) is 0.773. The van der Waals surface area contributed by atoms with E-state index in [4.69, 9.17) is 0 Å². The minimum absolute atomic E-state index is 0.377. The SMILES string of the molecule is C[C@@H]1C[C@@H](N2CC[C@H](CO)C2)CC(C)(C)C1. The van der Waals surface area contributed by atoms with Crippen LogP contribution in [0.1, 0.15) is 46.5 Å². The Labute approximate surface area is 100 Å². The number of nitrogens with zero attached hydrogens (tertiary/aromatic N) is 1. The van der Waals surface area contributed by atoms with Gasteiger partial charge in [-0.15, -0.1) is 0 Å². The Hall–Kier alpha value is -0.0800. The van der Waals surface area contributed by atoms with Crippen LogP contribution in [0.15, 0.2) is 0 Å². The van der Waals surface area contributed by atoms with Crippen molar-refractivity contribution in [3.05, 3.63) is 0 Å². The second kappa shape index (κ2) is 4.66. The van der Waals surface area contributed by atoms with E-state index in [2.05, 4.69) is 25.7 Å². The first kappa shape index (κ1) is 12.4. The highest BCUT2D eigenvalue weighted by atomic mass is 16.3. The van der Waals surface area contributed by atoms with E-state index >= 15 is 0 Å². The van der Waals surface area contributed by atoms with Crippen LogP contribution in [0.3, 0.4) is 0 Å². The fourth-order valence-electron chi connectivity index (χ4n) is 3.92. The summed E-state index contributed by atoms with van der Waals surface area (Å²) in [5.41, 5.74) is 0.514. The Morgan fingerprint density at radius 2 is 2.06 bits per heavy atom. The highest BCUT2D eigenvalue weighted by Crippen LogP contribution is 2.41. The molecular formula is C14H27NO. The van der Waals surface area contributed by atoms with Gasteiger partial charge in [0.2, 0.25) is 0 Å². The van der Waals surface area contributed by atoms with Crippen LogP contribution in [0, 0.1) is 17.3 Å². The van der Waals surface area contributed by atoms with E-state index in [1.807, 2.05) is 0 Å². The van der Waals surface area contributed by atoms with Crippen molar-refractivity contribution < 1.29 is 5.11 Å². The molecule has 1 saturated heterocycles. The minimum atomic E-state index is 0.377. The molecule has 3 atom stereocenters. The van der Waals surface area contributed by atoms with Crippen LogP contribution in [0.2, 0.25) is 0 Å². The van der Waals surface area contributed by atoms with E-state index in [1.54, 1.807) is 0 Å². The maximum atomic E-state index is 9.21. The summed E-state index contributed by atoms with van der Waals surface area (Å²) in [6.07, 6.45) is 5.28. The van der Waals surface area contributed by atoms with Crippen molar-refractivity contribution in [1.29, 1.82) is 0 Å². The summed E-state index contributed by atoms with van der Waals surface area (Å²) in [5, 5.41) is 9.21. The van der Waals surface area contributed by atoms with Gasteiger partial charge >= 0.3 is 0 Å². The Kier molecular flexibility index (Phi) is 3.60. The van der Waals surface area contributed by atoms with Crippen LogP contribution < -0.4 is 0 Å². The van der Waals surface area contributed by atoms with Crippen LogP contribution >= 0.6 is 0 Å². The summed E-state index contributed by atoms with van der Waals surface area (Å²) in [4.78, 5) is 2.64. The number of hydrogen-bond acceptors (Lipinski definition) is 2. The van der Waals surface area contributed by atoms with Gasteiger partial charge in [0, 0.05) is 19.2 Å². The van der Waals surface area contributed by atoms with Crippen molar-refractivity contribution in [3.63, 3.8) is 0 Å². The molecule has 1 aliphatic carbocycles. The predicted molar refractivity (Wildman–Crippen MR) is 67.3 cm³/mol. The van der Waals surface area contributed by atoms with Gasteiger partial charge in [0.25, 0.3) is 0 Å². The molecule has 0 aromatic rings. The lowest BCUT2D eigenvalue weighted by Crippen LogP contribution is -2.42. The van der Waals surface area contributed by atoms with Gasteiger partial charge in [-0.3, -0.25) is 4.90 Å². The normalized spacial score (nSPS) is 40.1. The topological polar surface area (TPSA) is 23.5 Å². The molecule has 1 saturated carbocycles. The maximum Gasteiger partial charge on any atom is 0.0471 e. The zero-order chi connectivity index (χ0) is 11.8. The van der Waals surface area contributed by atoms with Gasteiger partial charge in [0.1, 0.15) is 0 Å². The molecule has 0 unspecified atom stereocenters. The summed E-state index contributed by atoms with van der Waals surface area (Å²) >= 11 is 0. The standard InChI is InChI=1S/C14H27NO/c1-11-6-13(8-14(2,3)7-11)15-5-4-12(9-15)10-16/h11-13,16H,4-10H2,1-3H3/t11-,12+,13-/m1/s1. The quantitative estimate of drug-likeness (QED) is 0.780. The van der Waals surface area contributed by atoms with E-state index in [0.717, 1.165) is 18.5 Å². The molecule has 2 heteroatoms. The second-order valence-electron chi connectivity index (χ2n) is 6.90. The number of aliphatic hydroxyl groups is 1. The molecule has 1 N–H and O–H groups in total. The Bertz CT molecular complexity index is 239. The lowest BCUT2D eigenvalue weighted by molar-refractivity contribution is 0.0772. The van der Waals surface area contributed by atoms with E-state index < -0.39 is 0 Å². The van der Waals surface area contributed by atoms with Gasteiger partial charge in [-0.25, -0.2) is 0 Å². The molecule has 2 aliphatic rings. The first-order valence-corrected chi connectivity index (χ1v) is 6.85. The van der Waals surface area contributed by atoms with Gasteiger partial charge in [-0.1, -0.05) is 20.8 Å². The highest BCUT2D eigenvalue weighted by molar-refractivity contribution is 4.90. The molecule has 1 aliphatic heterocycles. The third-order valence-electron chi connectivity index (χ3n) is 4.46. The average molecular weight is 225 g/mol. The van der Waals surface area contributed by atoms with E-state index in [-0.39, 0.29) is 0 Å². The van der Waals surface area contributed by atoms with Crippen LogP contribution in [-0.2, 0) is 0 Å². The van der Waals surface area contributed by atoms with Crippen molar-refractivity contribution in [2.75, 3.05) is 19.7 Å². The lowest BCUT2D eigenvalue weighted by Gasteiger charge is -2.43. The third kappa shape index (κ3) is 2.78. The van der Waals surface area contributed by atoms with Crippen molar-refractivity contribution in [2.45, 2.75) is 52.5 Å². The second-order valence-corrected chi connectivity index (χ2v) is 6.90. The molecule has 0 spiro atoms. The van der Waals surface area contributed by atoms with Gasteiger partial charge in [0.05, 0.1) is 0 Å². The number of aliphatic hydroxyl groups excluding tert-OH is 1. The largest absolute Gasteiger partial charge is 0.396 e. The molecule has 2 rings (SSSR count). The first-order chi connectivity index (χ1) is 7.50. The average Bonchev–Trinajstić information content (AvgIpc) is 2.62. The summed E-state index contributed by atoms with van der Waals surface area (Å²) in [7, 11) is 0. The molecule has 1 heterocycles. The third-order valence-corrected chi connectivity index (χ3v) is 4.46. The van der Waals surface area contributed by atoms with Crippen molar-refractivity contribution in [2.24, 2.45) is 17.3 Å². The van der Waals surface area contributed by atoms with Crippen LogP contribution in [-0.4, -0.2) is 35.7 Å². The van der Waals surface area contributed by atoms with Gasteiger partial charge in [0.15, 0.2) is 0 Å². The summed E-state index contributed by atoms with van der Waals surface area (Å²) in [6.45, 7) is 9.93. The molecule has 0 aromatic heterocycles.